The summed E-state index contributed by atoms with van der Waals surface area (Å²) in [6.45, 7) is 0. The Morgan fingerprint density at radius 2 is 1.58 bits per heavy atom. The fraction of sp³-hybridized carbons (Fsp3) is 0.0714. The fourth-order valence-corrected chi connectivity index (χ4v) is 2.03. The molecule has 2 nitrogen and oxygen atoms in total. The standard InChI is InChI=1S/C14H11NO.3Y/c16-9-10-5-6-14-12(7-10)8-11-3-1-2-4-13(11)15-14;;;/h1-7,9H,8H2,(H,15,16);;;/p-1. The van der Waals surface area contributed by atoms with Crippen LogP contribution in [-0.4, -0.2) is 6.29 Å². The van der Waals surface area contributed by atoms with Crippen molar-refractivity contribution >= 4 is 17.7 Å². The van der Waals surface area contributed by atoms with Crippen LogP contribution in [0.1, 0.15) is 21.5 Å². The minimum atomic E-state index is 0. The van der Waals surface area contributed by atoms with Crippen molar-refractivity contribution in [3.8, 4) is 0 Å². The van der Waals surface area contributed by atoms with Crippen LogP contribution in [0.4, 0.5) is 11.4 Å². The van der Waals surface area contributed by atoms with Crippen molar-refractivity contribution in [2.75, 3.05) is 0 Å². The molecule has 0 unspecified atom stereocenters. The van der Waals surface area contributed by atoms with Crippen LogP contribution in [0.25, 0.3) is 5.32 Å². The van der Waals surface area contributed by atoms with Gasteiger partial charge in [-0.1, -0.05) is 47.5 Å². The van der Waals surface area contributed by atoms with Crippen molar-refractivity contribution in [1.82, 2.24) is 0 Å². The third kappa shape index (κ3) is 4.60. The number of carbonyl (C=O) groups is 1. The van der Waals surface area contributed by atoms with Gasteiger partial charge in [0.1, 0.15) is 6.29 Å². The summed E-state index contributed by atoms with van der Waals surface area (Å²) in [7, 11) is 0. The number of benzene rings is 2. The van der Waals surface area contributed by atoms with Gasteiger partial charge in [-0.05, 0) is 12.5 Å². The predicted molar refractivity (Wildman–Crippen MR) is 63.8 cm³/mol. The van der Waals surface area contributed by atoms with Crippen molar-refractivity contribution in [2.24, 2.45) is 0 Å². The SMILES string of the molecule is O=Cc1ccc2c(c1)Cc1ccccc1[N-]2.[Y].[Y].[Y]. The summed E-state index contributed by atoms with van der Waals surface area (Å²) >= 11 is 0. The Morgan fingerprint density at radius 1 is 0.895 bits per heavy atom. The Morgan fingerprint density at radius 3 is 2.32 bits per heavy atom. The number of hydrogen-bond donors (Lipinski definition) is 0. The fourth-order valence-electron chi connectivity index (χ4n) is 2.03. The smallest absolute Gasteiger partial charge is 0.150 e. The Balaban J connectivity index is 0.00000108. The number of aldehydes is 1. The summed E-state index contributed by atoms with van der Waals surface area (Å²) in [6.07, 6.45) is 1.73. The molecule has 1 aliphatic rings. The van der Waals surface area contributed by atoms with E-state index in [9.17, 15) is 4.79 Å². The maximum atomic E-state index is 10.7. The Labute approximate surface area is 188 Å². The van der Waals surface area contributed by atoms with Crippen molar-refractivity contribution < 1.29 is 103 Å². The van der Waals surface area contributed by atoms with E-state index in [0.717, 1.165) is 29.6 Å². The summed E-state index contributed by atoms with van der Waals surface area (Å²) in [5, 5.41) is 4.57. The monoisotopic (exact) mass is 475 g/mol. The first-order valence-electron chi connectivity index (χ1n) is 5.24. The first-order chi connectivity index (χ1) is 7.86. The molecule has 1 aliphatic heterocycles. The van der Waals surface area contributed by atoms with Gasteiger partial charge in [-0.2, -0.15) is 0 Å². The average Bonchev–Trinajstić information content (AvgIpc) is 2.35. The third-order valence-electron chi connectivity index (χ3n) is 2.85. The van der Waals surface area contributed by atoms with Crippen LogP contribution in [-0.2, 0) is 105 Å². The Bertz CT molecular complexity index is 572. The van der Waals surface area contributed by atoms with Gasteiger partial charge in [0, 0.05) is 104 Å². The second-order valence-corrected chi connectivity index (χ2v) is 3.92. The molecule has 19 heavy (non-hydrogen) atoms. The van der Waals surface area contributed by atoms with Crippen LogP contribution < -0.4 is 0 Å². The molecule has 5 heteroatoms. The molecule has 0 saturated carbocycles. The van der Waals surface area contributed by atoms with Gasteiger partial charge in [-0.25, -0.2) is 0 Å². The first-order valence-corrected chi connectivity index (χ1v) is 5.24. The van der Waals surface area contributed by atoms with Crippen LogP contribution in [0.3, 0.4) is 0 Å². The largest absolute Gasteiger partial charge is 0.657 e. The summed E-state index contributed by atoms with van der Waals surface area (Å²) in [5.41, 5.74) is 5.08. The molecule has 0 saturated heterocycles. The average molecular weight is 475 g/mol. The van der Waals surface area contributed by atoms with Crippen LogP contribution in [0.15, 0.2) is 42.5 Å². The zero-order chi connectivity index (χ0) is 11.0. The molecule has 0 amide bonds. The van der Waals surface area contributed by atoms with E-state index in [4.69, 9.17) is 0 Å². The van der Waals surface area contributed by atoms with Crippen molar-refractivity contribution in [3.63, 3.8) is 0 Å². The molecule has 2 aromatic carbocycles. The molecule has 3 rings (SSSR count). The number of rotatable bonds is 1. The minimum Gasteiger partial charge on any atom is -0.657 e. The summed E-state index contributed by atoms with van der Waals surface area (Å²) in [6, 6.07) is 13.7. The van der Waals surface area contributed by atoms with Crippen molar-refractivity contribution in [3.05, 3.63) is 64.5 Å². The number of fused-ring (bicyclic) bond motifs is 2. The minimum absolute atomic E-state index is 0. The molecule has 0 spiro atoms. The van der Waals surface area contributed by atoms with E-state index in [1.165, 1.54) is 5.56 Å². The molecule has 2 aromatic rings. The number of para-hydroxylation sites is 1. The van der Waals surface area contributed by atoms with E-state index in [0.29, 0.717) is 5.56 Å². The maximum absolute atomic E-state index is 10.7. The second-order valence-electron chi connectivity index (χ2n) is 3.92. The summed E-state index contributed by atoms with van der Waals surface area (Å²) < 4.78 is 0. The van der Waals surface area contributed by atoms with E-state index in [1.807, 2.05) is 36.4 Å². The molecule has 0 aromatic heterocycles. The van der Waals surface area contributed by atoms with E-state index in [1.54, 1.807) is 0 Å². The van der Waals surface area contributed by atoms with Gasteiger partial charge < -0.3 is 5.32 Å². The molecule has 0 bridgehead atoms. The topological polar surface area (TPSA) is 31.2 Å². The molecule has 0 atom stereocenters. The Kier molecular flexibility index (Phi) is 9.88. The molecule has 1 heterocycles. The zero-order valence-corrected chi connectivity index (χ0v) is 18.9. The molecular formula is C14H10NOY3-. The van der Waals surface area contributed by atoms with Gasteiger partial charge in [0.15, 0.2) is 0 Å². The van der Waals surface area contributed by atoms with Gasteiger partial charge in [-0.3, -0.25) is 4.79 Å². The number of nitrogens with zero attached hydrogens (tertiary/aromatic N) is 1. The van der Waals surface area contributed by atoms with E-state index >= 15 is 0 Å². The van der Waals surface area contributed by atoms with Crippen molar-refractivity contribution in [2.45, 2.75) is 6.42 Å². The zero-order valence-electron chi connectivity index (χ0n) is 10.4. The van der Waals surface area contributed by atoms with E-state index in [2.05, 4.69) is 11.4 Å². The molecular weight excluding hydrogens is 465 g/mol. The quantitative estimate of drug-likeness (QED) is 0.494. The van der Waals surface area contributed by atoms with Gasteiger partial charge >= 0.3 is 0 Å². The summed E-state index contributed by atoms with van der Waals surface area (Å²) in [5.74, 6) is 0. The first kappa shape index (κ1) is 20.2. The van der Waals surface area contributed by atoms with Crippen LogP contribution in [0.2, 0.25) is 0 Å². The van der Waals surface area contributed by atoms with Gasteiger partial charge in [0.2, 0.25) is 0 Å². The number of hydrogen-bond acceptors (Lipinski definition) is 1. The van der Waals surface area contributed by atoms with Crippen LogP contribution in [0.5, 0.6) is 0 Å². The molecule has 0 aliphatic carbocycles. The van der Waals surface area contributed by atoms with Crippen molar-refractivity contribution in [1.29, 1.82) is 0 Å². The van der Waals surface area contributed by atoms with Gasteiger partial charge in [0.05, 0.1) is 0 Å². The molecule has 87 valence electrons. The van der Waals surface area contributed by atoms with E-state index < -0.39 is 0 Å². The molecule has 0 fully saturated rings. The second kappa shape index (κ2) is 9.28. The maximum Gasteiger partial charge on any atom is 0.150 e. The molecule has 3 radical (unpaired) electrons. The van der Waals surface area contributed by atoms with E-state index in [-0.39, 0.29) is 98.1 Å². The van der Waals surface area contributed by atoms with Gasteiger partial charge in [-0.15, -0.1) is 11.4 Å². The summed E-state index contributed by atoms with van der Waals surface area (Å²) in [4.78, 5) is 10.7. The predicted octanol–water partition coefficient (Wildman–Crippen LogP) is 3.73. The third-order valence-corrected chi connectivity index (χ3v) is 2.85. The Hall–Kier alpha value is 1.22. The number of carbonyl (C=O) groups excluding carboxylic acids is 1. The normalized spacial score (nSPS) is 10.3. The molecule has 0 N–H and O–H groups in total. The van der Waals surface area contributed by atoms with Gasteiger partial charge in [0.25, 0.3) is 0 Å². The van der Waals surface area contributed by atoms with Crippen LogP contribution in [0, 0.1) is 0 Å². The van der Waals surface area contributed by atoms with Crippen LogP contribution >= 0.6 is 0 Å².